The van der Waals surface area contributed by atoms with Crippen molar-refractivity contribution in [3.63, 3.8) is 0 Å². The van der Waals surface area contributed by atoms with E-state index in [4.69, 9.17) is 5.11 Å². The highest BCUT2D eigenvalue weighted by molar-refractivity contribution is 9.11. The molecular formula is C12H16BrNO3S. The molecular weight excluding hydrogens is 318 g/mol. The van der Waals surface area contributed by atoms with Crippen LogP contribution in [0.1, 0.15) is 35.5 Å². The van der Waals surface area contributed by atoms with E-state index in [1.54, 1.807) is 6.07 Å². The topological polar surface area (TPSA) is 66.4 Å². The third-order valence-corrected chi connectivity index (χ3v) is 4.12. The van der Waals surface area contributed by atoms with Crippen molar-refractivity contribution in [3.8, 4) is 0 Å². The largest absolute Gasteiger partial charge is 0.480 e. The second-order valence-corrected chi connectivity index (χ2v) is 7.11. The van der Waals surface area contributed by atoms with Gasteiger partial charge in [0.05, 0.1) is 9.35 Å². The van der Waals surface area contributed by atoms with Gasteiger partial charge in [0, 0.05) is 4.88 Å². The van der Waals surface area contributed by atoms with E-state index in [0.29, 0.717) is 12.0 Å². The lowest BCUT2D eigenvalue weighted by Gasteiger charge is -2.16. The van der Waals surface area contributed by atoms with Crippen molar-refractivity contribution in [3.05, 3.63) is 20.3 Å². The molecule has 1 atom stereocenters. The van der Waals surface area contributed by atoms with E-state index < -0.39 is 12.0 Å². The number of carboxylic acid groups (broad SMARTS) is 1. The third kappa shape index (κ3) is 4.10. The first kappa shape index (κ1) is 15.2. The van der Waals surface area contributed by atoms with Crippen LogP contribution in [-0.2, 0) is 4.79 Å². The Morgan fingerprint density at radius 2 is 2.11 bits per heavy atom. The molecule has 0 radical (unpaired) electrons. The molecule has 100 valence electrons. The highest BCUT2D eigenvalue weighted by atomic mass is 79.9. The molecule has 0 saturated heterocycles. The van der Waals surface area contributed by atoms with Crippen LogP contribution >= 0.6 is 27.3 Å². The monoisotopic (exact) mass is 333 g/mol. The van der Waals surface area contributed by atoms with Crippen LogP contribution in [0.15, 0.2) is 9.85 Å². The molecule has 1 amide bonds. The Morgan fingerprint density at radius 1 is 1.50 bits per heavy atom. The van der Waals surface area contributed by atoms with Crippen LogP contribution in [0.5, 0.6) is 0 Å². The second-order valence-electron chi connectivity index (χ2n) is 4.54. The van der Waals surface area contributed by atoms with Crippen LogP contribution in [0.3, 0.4) is 0 Å². The Morgan fingerprint density at radius 3 is 2.50 bits per heavy atom. The maximum Gasteiger partial charge on any atom is 0.326 e. The Labute approximate surface area is 119 Å². The van der Waals surface area contributed by atoms with Gasteiger partial charge in [-0.3, -0.25) is 4.79 Å². The minimum absolute atomic E-state index is 0.207. The molecule has 2 N–H and O–H groups in total. The van der Waals surface area contributed by atoms with E-state index in [-0.39, 0.29) is 11.8 Å². The lowest BCUT2D eigenvalue weighted by molar-refractivity contribution is -0.139. The van der Waals surface area contributed by atoms with Gasteiger partial charge in [-0.2, -0.15) is 0 Å². The smallest absolute Gasteiger partial charge is 0.326 e. The molecule has 0 aromatic carbocycles. The average molecular weight is 334 g/mol. The highest BCUT2D eigenvalue weighted by Gasteiger charge is 2.23. The number of hydrogen-bond acceptors (Lipinski definition) is 3. The fourth-order valence-corrected chi connectivity index (χ4v) is 3.35. The summed E-state index contributed by atoms with van der Waals surface area (Å²) in [5.74, 6) is -1.14. The molecule has 0 aliphatic rings. The van der Waals surface area contributed by atoms with E-state index in [1.807, 2.05) is 20.8 Å². The average Bonchev–Trinajstić information content (AvgIpc) is 2.56. The normalized spacial score (nSPS) is 12.5. The summed E-state index contributed by atoms with van der Waals surface area (Å²) in [5.41, 5.74) is 0.493. The molecule has 1 aromatic heterocycles. The lowest BCUT2D eigenvalue weighted by atomic mass is 10.0. The number of hydrogen-bond donors (Lipinski definition) is 2. The molecule has 0 fully saturated rings. The van der Waals surface area contributed by atoms with Gasteiger partial charge in [-0.05, 0) is 41.3 Å². The number of rotatable bonds is 5. The maximum absolute atomic E-state index is 12.0. The quantitative estimate of drug-likeness (QED) is 0.870. The zero-order chi connectivity index (χ0) is 13.9. The van der Waals surface area contributed by atoms with Crippen LogP contribution in [0.4, 0.5) is 0 Å². The molecule has 0 aliphatic carbocycles. The molecule has 6 heteroatoms. The number of carbonyl (C=O) groups is 2. The minimum atomic E-state index is -1.000. The van der Waals surface area contributed by atoms with Crippen LogP contribution in [0.25, 0.3) is 0 Å². The lowest BCUT2D eigenvalue weighted by Crippen LogP contribution is -2.41. The van der Waals surface area contributed by atoms with E-state index in [1.165, 1.54) is 11.3 Å². The number of thiophene rings is 1. The molecule has 4 nitrogen and oxygen atoms in total. The molecule has 0 saturated carbocycles. The third-order valence-electron chi connectivity index (χ3n) is 2.37. The second kappa shape index (κ2) is 6.33. The molecule has 0 unspecified atom stereocenters. The summed E-state index contributed by atoms with van der Waals surface area (Å²) in [6, 6.07) is 0.905. The van der Waals surface area contributed by atoms with Gasteiger partial charge in [-0.15, -0.1) is 11.3 Å². The maximum atomic E-state index is 12.0. The number of aliphatic carboxylic acids is 1. The number of carbonyl (C=O) groups excluding carboxylic acids is 1. The summed E-state index contributed by atoms with van der Waals surface area (Å²) in [7, 11) is 0. The van der Waals surface area contributed by atoms with Crippen molar-refractivity contribution in [1.29, 1.82) is 0 Å². The van der Waals surface area contributed by atoms with Gasteiger partial charge >= 0.3 is 5.97 Å². The first-order valence-corrected chi connectivity index (χ1v) is 7.21. The van der Waals surface area contributed by atoms with Crippen molar-refractivity contribution >= 4 is 39.1 Å². The van der Waals surface area contributed by atoms with Gasteiger partial charge in [0.1, 0.15) is 6.04 Å². The summed E-state index contributed by atoms with van der Waals surface area (Å²) in [5, 5.41) is 11.6. The molecule has 18 heavy (non-hydrogen) atoms. The summed E-state index contributed by atoms with van der Waals surface area (Å²) in [6.45, 7) is 5.74. The summed E-state index contributed by atoms with van der Waals surface area (Å²) in [6.07, 6.45) is 0.418. The SMILES string of the molecule is Cc1cc(C(=O)N[C@@H](CC(C)C)C(=O)O)c(Br)s1. The van der Waals surface area contributed by atoms with Gasteiger partial charge in [-0.25, -0.2) is 4.79 Å². The summed E-state index contributed by atoms with van der Waals surface area (Å²) >= 11 is 4.76. The fourth-order valence-electron chi connectivity index (χ4n) is 1.57. The van der Waals surface area contributed by atoms with Crippen LogP contribution < -0.4 is 5.32 Å². The zero-order valence-corrected chi connectivity index (χ0v) is 12.9. The Kier molecular flexibility index (Phi) is 5.34. The van der Waals surface area contributed by atoms with Gasteiger partial charge < -0.3 is 10.4 Å². The fraction of sp³-hybridized carbons (Fsp3) is 0.500. The number of amides is 1. The number of carboxylic acids is 1. The summed E-state index contributed by atoms with van der Waals surface area (Å²) in [4.78, 5) is 24.0. The van der Waals surface area contributed by atoms with E-state index in [2.05, 4.69) is 21.2 Å². The van der Waals surface area contributed by atoms with Gasteiger partial charge in [0.15, 0.2) is 0 Å². The molecule has 1 rings (SSSR count). The van der Waals surface area contributed by atoms with E-state index in [9.17, 15) is 9.59 Å². The zero-order valence-electron chi connectivity index (χ0n) is 10.5. The molecule has 1 heterocycles. The number of nitrogens with one attached hydrogen (secondary N) is 1. The molecule has 0 spiro atoms. The van der Waals surface area contributed by atoms with E-state index in [0.717, 1.165) is 8.66 Å². The first-order chi connectivity index (χ1) is 8.31. The van der Waals surface area contributed by atoms with Crippen LogP contribution in [0, 0.1) is 12.8 Å². The van der Waals surface area contributed by atoms with Crippen molar-refractivity contribution in [2.75, 3.05) is 0 Å². The Bertz CT molecular complexity index is 456. The van der Waals surface area contributed by atoms with Crippen LogP contribution in [0.2, 0.25) is 0 Å². The number of halogens is 1. The van der Waals surface area contributed by atoms with Crippen molar-refractivity contribution in [2.45, 2.75) is 33.2 Å². The predicted octanol–water partition coefficient (Wildman–Crippen LogP) is 3.05. The van der Waals surface area contributed by atoms with E-state index >= 15 is 0 Å². The first-order valence-electron chi connectivity index (χ1n) is 5.60. The Hall–Kier alpha value is -0.880. The van der Waals surface area contributed by atoms with Crippen LogP contribution in [-0.4, -0.2) is 23.0 Å². The van der Waals surface area contributed by atoms with Crippen molar-refractivity contribution < 1.29 is 14.7 Å². The molecule has 0 bridgehead atoms. The molecule has 1 aromatic rings. The van der Waals surface area contributed by atoms with Gasteiger partial charge in [0.25, 0.3) is 5.91 Å². The minimum Gasteiger partial charge on any atom is -0.480 e. The van der Waals surface area contributed by atoms with Gasteiger partial charge in [0.2, 0.25) is 0 Å². The summed E-state index contributed by atoms with van der Waals surface area (Å²) < 4.78 is 0.728. The van der Waals surface area contributed by atoms with Gasteiger partial charge in [-0.1, -0.05) is 13.8 Å². The standard InChI is InChI=1S/C12H16BrNO3S/c1-6(2)4-9(12(16)17)14-11(15)8-5-7(3)18-10(8)13/h5-6,9H,4H2,1-3H3,(H,14,15)(H,16,17)/t9-/m0/s1. The number of aryl methyl sites for hydroxylation is 1. The van der Waals surface area contributed by atoms with Crippen molar-refractivity contribution in [2.24, 2.45) is 5.92 Å². The molecule has 0 aliphatic heterocycles. The Balaban J connectivity index is 2.78. The predicted molar refractivity (Wildman–Crippen MR) is 75.1 cm³/mol. The van der Waals surface area contributed by atoms with Crippen molar-refractivity contribution in [1.82, 2.24) is 5.32 Å². The highest BCUT2D eigenvalue weighted by Crippen LogP contribution is 2.27.